The lowest BCUT2D eigenvalue weighted by atomic mass is 10.1. The van der Waals surface area contributed by atoms with Crippen molar-refractivity contribution < 1.29 is 19.2 Å². The predicted molar refractivity (Wildman–Crippen MR) is 113 cm³/mol. The highest BCUT2D eigenvalue weighted by molar-refractivity contribution is 7.07. The minimum absolute atomic E-state index is 0.0814. The topological polar surface area (TPSA) is 104 Å². The van der Waals surface area contributed by atoms with Gasteiger partial charge in [0, 0.05) is 18.0 Å². The van der Waals surface area contributed by atoms with Crippen LogP contribution in [0.25, 0.3) is 0 Å². The summed E-state index contributed by atoms with van der Waals surface area (Å²) < 4.78 is 10.9. The lowest BCUT2D eigenvalue weighted by Crippen LogP contribution is -2.26. The molecular formula is C21H21N3O5S. The third-order valence-electron chi connectivity index (χ3n) is 4.36. The Morgan fingerprint density at radius 1 is 1.27 bits per heavy atom. The van der Waals surface area contributed by atoms with Gasteiger partial charge < -0.3 is 14.8 Å². The maximum absolute atomic E-state index is 12.6. The summed E-state index contributed by atoms with van der Waals surface area (Å²) in [6.45, 7) is 2.48. The molecule has 2 aromatic carbocycles. The van der Waals surface area contributed by atoms with Crippen molar-refractivity contribution in [3.05, 3.63) is 79.8 Å². The molecule has 8 nitrogen and oxygen atoms in total. The number of methoxy groups -OCH3 is 1. The summed E-state index contributed by atoms with van der Waals surface area (Å²) in [6, 6.07) is 10.5. The summed E-state index contributed by atoms with van der Waals surface area (Å²) in [7, 11) is 1.41. The molecule has 0 aliphatic rings. The largest absolute Gasteiger partial charge is 0.493 e. The van der Waals surface area contributed by atoms with Gasteiger partial charge in [-0.1, -0.05) is 29.8 Å². The first-order valence-electron chi connectivity index (χ1n) is 9.18. The smallest absolute Gasteiger partial charge is 0.286 e. The molecule has 0 aliphatic heterocycles. The molecule has 30 heavy (non-hydrogen) atoms. The Morgan fingerprint density at radius 3 is 2.77 bits per heavy atom. The van der Waals surface area contributed by atoms with Gasteiger partial charge in [0.25, 0.3) is 11.6 Å². The van der Waals surface area contributed by atoms with Crippen molar-refractivity contribution in [3.8, 4) is 11.5 Å². The zero-order valence-electron chi connectivity index (χ0n) is 16.6. The zero-order chi connectivity index (χ0) is 21.5. The summed E-state index contributed by atoms with van der Waals surface area (Å²) in [5.41, 5.74) is 4.14. The summed E-state index contributed by atoms with van der Waals surface area (Å²) in [5.74, 6) is -0.133. The number of benzene rings is 2. The molecule has 0 radical (unpaired) electrons. The Morgan fingerprint density at radius 2 is 2.10 bits per heavy atom. The summed E-state index contributed by atoms with van der Waals surface area (Å²) >= 11 is 1.42. The lowest BCUT2D eigenvalue weighted by Gasteiger charge is -2.12. The van der Waals surface area contributed by atoms with Crippen molar-refractivity contribution in [2.24, 2.45) is 0 Å². The van der Waals surface area contributed by atoms with Crippen LogP contribution in [0.1, 0.15) is 27.2 Å². The SMILES string of the molecule is COc1cc(C(=O)NCCc2cccc(C)c2)c([N+](=O)[O-])cc1OCc1cscn1. The first kappa shape index (κ1) is 21.3. The van der Waals surface area contributed by atoms with Crippen LogP contribution >= 0.6 is 11.3 Å². The number of thiazole rings is 1. The molecule has 1 amide bonds. The third kappa shape index (κ3) is 5.32. The fourth-order valence-corrected chi connectivity index (χ4v) is 3.44. The molecule has 3 aromatic rings. The highest BCUT2D eigenvalue weighted by atomic mass is 32.1. The molecule has 0 aliphatic carbocycles. The quantitative estimate of drug-likeness (QED) is 0.410. The van der Waals surface area contributed by atoms with Crippen LogP contribution in [0.15, 0.2) is 47.3 Å². The molecule has 0 saturated carbocycles. The van der Waals surface area contributed by atoms with Crippen LogP contribution in [0.3, 0.4) is 0 Å². The van der Waals surface area contributed by atoms with Gasteiger partial charge in [-0.25, -0.2) is 4.98 Å². The van der Waals surface area contributed by atoms with E-state index >= 15 is 0 Å². The Labute approximate surface area is 177 Å². The number of nitro groups is 1. The molecule has 1 aromatic heterocycles. The molecule has 0 bridgehead atoms. The van der Waals surface area contributed by atoms with E-state index in [0.717, 1.165) is 11.1 Å². The Balaban J connectivity index is 1.75. The van der Waals surface area contributed by atoms with Gasteiger partial charge in [0.2, 0.25) is 0 Å². The summed E-state index contributed by atoms with van der Waals surface area (Å²) in [5, 5.41) is 16.1. The van der Waals surface area contributed by atoms with Crippen LogP contribution in [0.4, 0.5) is 5.69 Å². The number of nitro benzene ring substituents is 1. The van der Waals surface area contributed by atoms with Crippen molar-refractivity contribution in [3.63, 3.8) is 0 Å². The van der Waals surface area contributed by atoms with E-state index in [1.54, 1.807) is 5.51 Å². The minimum Gasteiger partial charge on any atom is -0.493 e. The number of carbonyl (C=O) groups is 1. The molecule has 156 valence electrons. The van der Waals surface area contributed by atoms with Gasteiger partial charge in [0.1, 0.15) is 12.2 Å². The molecule has 0 saturated heterocycles. The normalized spacial score (nSPS) is 10.5. The Kier molecular flexibility index (Phi) is 6.97. The fourth-order valence-electron chi connectivity index (χ4n) is 2.90. The number of nitrogens with one attached hydrogen (secondary N) is 1. The number of ether oxygens (including phenoxy) is 2. The van der Waals surface area contributed by atoms with E-state index in [0.29, 0.717) is 18.7 Å². The fraction of sp³-hybridized carbons (Fsp3) is 0.238. The first-order valence-corrected chi connectivity index (χ1v) is 10.1. The molecule has 1 heterocycles. The van der Waals surface area contributed by atoms with Crippen molar-refractivity contribution in [2.75, 3.05) is 13.7 Å². The second-order valence-corrected chi connectivity index (χ2v) is 7.26. The summed E-state index contributed by atoms with van der Waals surface area (Å²) in [6.07, 6.45) is 0.618. The molecule has 9 heteroatoms. The van der Waals surface area contributed by atoms with Gasteiger partial charge in [0.05, 0.1) is 29.3 Å². The van der Waals surface area contributed by atoms with E-state index in [-0.39, 0.29) is 29.4 Å². The second-order valence-electron chi connectivity index (χ2n) is 6.54. The molecule has 1 N–H and O–H groups in total. The van der Waals surface area contributed by atoms with Gasteiger partial charge in [-0.3, -0.25) is 14.9 Å². The monoisotopic (exact) mass is 427 g/mol. The number of aromatic nitrogens is 1. The lowest BCUT2D eigenvalue weighted by molar-refractivity contribution is -0.385. The number of hydrogen-bond donors (Lipinski definition) is 1. The highest BCUT2D eigenvalue weighted by Gasteiger charge is 2.24. The van der Waals surface area contributed by atoms with Gasteiger partial charge in [-0.2, -0.15) is 0 Å². The van der Waals surface area contributed by atoms with Gasteiger partial charge in [0.15, 0.2) is 11.5 Å². The molecule has 3 rings (SSSR count). The first-order chi connectivity index (χ1) is 14.5. The van der Waals surface area contributed by atoms with E-state index in [4.69, 9.17) is 9.47 Å². The van der Waals surface area contributed by atoms with E-state index in [1.165, 1.54) is 30.6 Å². The van der Waals surface area contributed by atoms with E-state index in [1.807, 2.05) is 36.6 Å². The highest BCUT2D eigenvalue weighted by Crippen LogP contribution is 2.35. The molecule has 0 spiro atoms. The molecule has 0 unspecified atom stereocenters. The number of amides is 1. The van der Waals surface area contributed by atoms with E-state index in [2.05, 4.69) is 10.3 Å². The van der Waals surface area contributed by atoms with Crippen molar-refractivity contribution in [1.29, 1.82) is 0 Å². The van der Waals surface area contributed by atoms with Crippen molar-refractivity contribution in [2.45, 2.75) is 20.0 Å². The van der Waals surface area contributed by atoms with Gasteiger partial charge in [-0.15, -0.1) is 11.3 Å². The molecule has 0 atom stereocenters. The number of carbonyl (C=O) groups excluding carboxylic acids is 1. The molecular weight excluding hydrogens is 406 g/mol. The second kappa shape index (κ2) is 9.84. The van der Waals surface area contributed by atoms with Crippen molar-refractivity contribution in [1.82, 2.24) is 10.3 Å². The van der Waals surface area contributed by atoms with Crippen LogP contribution in [-0.2, 0) is 13.0 Å². The Hall–Kier alpha value is -3.46. The average molecular weight is 427 g/mol. The van der Waals surface area contributed by atoms with Crippen LogP contribution in [0.2, 0.25) is 0 Å². The number of hydrogen-bond acceptors (Lipinski definition) is 7. The maximum atomic E-state index is 12.6. The third-order valence-corrected chi connectivity index (χ3v) is 5.00. The predicted octanol–water partition coefficient (Wildman–Crippen LogP) is 3.92. The summed E-state index contributed by atoms with van der Waals surface area (Å²) in [4.78, 5) is 27.7. The number of rotatable bonds is 9. The van der Waals surface area contributed by atoms with E-state index < -0.39 is 10.8 Å². The van der Waals surface area contributed by atoms with Crippen LogP contribution in [0.5, 0.6) is 11.5 Å². The number of nitrogens with zero attached hydrogens (tertiary/aromatic N) is 2. The standard InChI is InChI=1S/C21H21N3O5S/c1-14-4-3-5-15(8-14)6-7-22-21(25)17-9-19(28-2)20(10-18(17)24(26)27)29-11-16-12-30-13-23-16/h3-5,8-10,12-13H,6-7,11H2,1-2H3,(H,22,25). The maximum Gasteiger partial charge on any atom is 0.286 e. The van der Waals surface area contributed by atoms with Crippen LogP contribution in [0, 0.1) is 17.0 Å². The molecule has 0 fully saturated rings. The van der Waals surface area contributed by atoms with Crippen molar-refractivity contribution >= 4 is 22.9 Å². The Bertz CT molecular complexity index is 1040. The van der Waals surface area contributed by atoms with Crippen LogP contribution in [-0.4, -0.2) is 29.5 Å². The zero-order valence-corrected chi connectivity index (χ0v) is 17.4. The van der Waals surface area contributed by atoms with E-state index in [9.17, 15) is 14.9 Å². The number of aryl methyl sites for hydroxylation is 1. The van der Waals surface area contributed by atoms with Crippen LogP contribution < -0.4 is 14.8 Å². The minimum atomic E-state index is -0.607. The van der Waals surface area contributed by atoms with Gasteiger partial charge >= 0.3 is 0 Å². The average Bonchev–Trinajstić information content (AvgIpc) is 3.25. The van der Waals surface area contributed by atoms with Gasteiger partial charge in [-0.05, 0) is 18.9 Å².